The highest BCUT2D eigenvalue weighted by Crippen LogP contribution is 2.14. The minimum absolute atomic E-state index is 0.235. The van der Waals surface area contributed by atoms with E-state index in [0.717, 1.165) is 6.07 Å². The molecule has 0 aromatic heterocycles. The van der Waals surface area contributed by atoms with Gasteiger partial charge in [-0.15, -0.1) is 0 Å². The van der Waals surface area contributed by atoms with Gasteiger partial charge in [0.25, 0.3) is 0 Å². The van der Waals surface area contributed by atoms with E-state index in [4.69, 9.17) is 22.2 Å². The Labute approximate surface area is 104 Å². The van der Waals surface area contributed by atoms with Crippen molar-refractivity contribution in [3.05, 3.63) is 29.6 Å². The Morgan fingerprint density at radius 1 is 1.59 bits per heavy atom. The number of benzene rings is 1. The van der Waals surface area contributed by atoms with E-state index in [1.807, 2.05) is 6.07 Å². The summed E-state index contributed by atoms with van der Waals surface area (Å²) < 4.78 is 18.3. The van der Waals surface area contributed by atoms with E-state index in [2.05, 4.69) is 10.6 Å². The third-order valence-corrected chi connectivity index (χ3v) is 2.18. The van der Waals surface area contributed by atoms with Gasteiger partial charge in [-0.05, 0) is 30.4 Å². The maximum absolute atomic E-state index is 13.5. The smallest absolute Gasteiger partial charge is 0.170 e. The van der Waals surface area contributed by atoms with Gasteiger partial charge in [-0.25, -0.2) is 4.39 Å². The molecule has 0 fully saturated rings. The van der Waals surface area contributed by atoms with Gasteiger partial charge in [0.2, 0.25) is 0 Å². The van der Waals surface area contributed by atoms with Gasteiger partial charge in [-0.1, -0.05) is 0 Å². The van der Waals surface area contributed by atoms with Crippen LogP contribution in [0.15, 0.2) is 18.2 Å². The fourth-order valence-corrected chi connectivity index (χ4v) is 1.33. The first kappa shape index (κ1) is 13.4. The molecule has 0 saturated carbocycles. The van der Waals surface area contributed by atoms with Gasteiger partial charge >= 0.3 is 0 Å². The molecule has 0 aliphatic carbocycles. The lowest BCUT2D eigenvalue weighted by Crippen LogP contribution is -2.31. The van der Waals surface area contributed by atoms with E-state index in [-0.39, 0.29) is 11.3 Å². The number of nitriles is 1. The maximum atomic E-state index is 13.5. The normalized spacial score (nSPS) is 9.47. The Hall–Kier alpha value is -1.71. The molecule has 2 N–H and O–H groups in total. The van der Waals surface area contributed by atoms with Crippen LogP contribution in [0.2, 0.25) is 0 Å². The number of halogens is 1. The van der Waals surface area contributed by atoms with Crippen molar-refractivity contribution in [3.8, 4) is 6.07 Å². The fourth-order valence-electron chi connectivity index (χ4n) is 1.12. The van der Waals surface area contributed by atoms with Crippen LogP contribution in [0.1, 0.15) is 5.56 Å². The summed E-state index contributed by atoms with van der Waals surface area (Å²) >= 11 is 4.96. The molecule has 0 amide bonds. The van der Waals surface area contributed by atoms with Crippen LogP contribution in [0.25, 0.3) is 0 Å². The molecular weight excluding hydrogens is 241 g/mol. The predicted molar refractivity (Wildman–Crippen MR) is 67.2 cm³/mol. The molecule has 6 heteroatoms. The first-order valence-corrected chi connectivity index (χ1v) is 5.31. The standard InChI is InChI=1S/C11H12FN3OS/c1-16-5-4-14-11(17)15-10-3-2-8(7-13)6-9(10)12/h2-3,6H,4-5H2,1H3,(H2,14,15,17). The van der Waals surface area contributed by atoms with Crippen LogP contribution in [0.5, 0.6) is 0 Å². The van der Waals surface area contributed by atoms with Crippen molar-refractivity contribution in [1.82, 2.24) is 5.32 Å². The van der Waals surface area contributed by atoms with Gasteiger partial charge in [-0.2, -0.15) is 5.26 Å². The molecule has 90 valence electrons. The number of nitrogens with one attached hydrogen (secondary N) is 2. The largest absolute Gasteiger partial charge is 0.383 e. The molecule has 1 aromatic rings. The molecule has 0 aliphatic heterocycles. The second-order valence-electron chi connectivity index (χ2n) is 3.18. The Kier molecular flexibility index (Phi) is 5.33. The Morgan fingerprint density at radius 3 is 2.94 bits per heavy atom. The monoisotopic (exact) mass is 253 g/mol. The van der Waals surface area contributed by atoms with Crippen LogP contribution < -0.4 is 10.6 Å². The lowest BCUT2D eigenvalue weighted by atomic mass is 10.2. The molecule has 4 nitrogen and oxygen atoms in total. The molecule has 0 unspecified atom stereocenters. The molecule has 0 bridgehead atoms. The van der Waals surface area contributed by atoms with Crippen molar-refractivity contribution in [2.24, 2.45) is 0 Å². The summed E-state index contributed by atoms with van der Waals surface area (Å²) in [7, 11) is 1.58. The van der Waals surface area contributed by atoms with Crippen LogP contribution >= 0.6 is 12.2 Å². The van der Waals surface area contributed by atoms with Crippen molar-refractivity contribution >= 4 is 23.0 Å². The molecule has 1 rings (SSSR count). The summed E-state index contributed by atoms with van der Waals surface area (Å²) in [5.41, 5.74) is 0.505. The average Bonchev–Trinajstić information content (AvgIpc) is 2.32. The summed E-state index contributed by atoms with van der Waals surface area (Å²) in [6.45, 7) is 1.05. The Morgan fingerprint density at radius 2 is 2.35 bits per heavy atom. The predicted octanol–water partition coefficient (Wildman–Crippen LogP) is 1.63. The number of rotatable bonds is 4. The van der Waals surface area contributed by atoms with E-state index < -0.39 is 5.82 Å². The quantitative estimate of drug-likeness (QED) is 0.631. The molecular formula is C11H12FN3OS. The van der Waals surface area contributed by atoms with Gasteiger partial charge in [0, 0.05) is 13.7 Å². The van der Waals surface area contributed by atoms with E-state index >= 15 is 0 Å². The highest BCUT2D eigenvalue weighted by Gasteiger charge is 2.04. The summed E-state index contributed by atoms with van der Waals surface area (Å²) in [6.07, 6.45) is 0. The maximum Gasteiger partial charge on any atom is 0.170 e. The number of ether oxygens (including phenoxy) is 1. The molecule has 1 aromatic carbocycles. The number of hydrogen-bond donors (Lipinski definition) is 2. The molecule has 0 aliphatic rings. The molecule has 0 radical (unpaired) electrons. The van der Waals surface area contributed by atoms with Crippen LogP contribution in [0, 0.1) is 17.1 Å². The minimum atomic E-state index is -0.514. The summed E-state index contributed by atoms with van der Waals surface area (Å²) in [4.78, 5) is 0. The van der Waals surface area contributed by atoms with Gasteiger partial charge in [0.05, 0.1) is 23.9 Å². The lowest BCUT2D eigenvalue weighted by Gasteiger charge is -2.10. The molecule has 0 atom stereocenters. The third kappa shape index (κ3) is 4.34. The topological polar surface area (TPSA) is 57.1 Å². The SMILES string of the molecule is COCCNC(=S)Nc1ccc(C#N)cc1F. The number of methoxy groups -OCH3 is 1. The number of nitrogens with zero attached hydrogens (tertiary/aromatic N) is 1. The van der Waals surface area contributed by atoms with Crippen LogP contribution in [0.3, 0.4) is 0 Å². The van der Waals surface area contributed by atoms with Crippen LogP contribution in [-0.4, -0.2) is 25.4 Å². The molecule has 0 spiro atoms. The summed E-state index contributed by atoms with van der Waals surface area (Å²) in [5.74, 6) is -0.514. The highest BCUT2D eigenvalue weighted by molar-refractivity contribution is 7.80. The molecule has 0 saturated heterocycles. The zero-order chi connectivity index (χ0) is 12.7. The van der Waals surface area contributed by atoms with E-state index in [9.17, 15) is 4.39 Å². The zero-order valence-electron chi connectivity index (χ0n) is 9.29. The van der Waals surface area contributed by atoms with Crippen molar-refractivity contribution in [1.29, 1.82) is 5.26 Å². The zero-order valence-corrected chi connectivity index (χ0v) is 10.1. The Bertz CT molecular complexity index is 445. The van der Waals surface area contributed by atoms with Crippen molar-refractivity contribution in [2.45, 2.75) is 0 Å². The average molecular weight is 253 g/mol. The van der Waals surface area contributed by atoms with Gasteiger partial charge in [0.1, 0.15) is 5.82 Å². The van der Waals surface area contributed by atoms with Gasteiger partial charge in [-0.3, -0.25) is 0 Å². The summed E-state index contributed by atoms with van der Waals surface area (Å²) in [6, 6.07) is 6.00. The van der Waals surface area contributed by atoms with Crippen molar-refractivity contribution in [3.63, 3.8) is 0 Å². The minimum Gasteiger partial charge on any atom is -0.383 e. The number of anilines is 1. The molecule has 0 heterocycles. The van der Waals surface area contributed by atoms with Crippen LogP contribution in [-0.2, 0) is 4.74 Å². The third-order valence-electron chi connectivity index (χ3n) is 1.94. The lowest BCUT2D eigenvalue weighted by molar-refractivity contribution is 0.204. The highest BCUT2D eigenvalue weighted by atomic mass is 32.1. The van der Waals surface area contributed by atoms with E-state index in [1.165, 1.54) is 12.1 Å². The second kappa shape index (κ2) is 6.78. The van der Waals surface area contributed by atoms with E-state index in [1.54, 1.807) is 7.11 Å². The van der Waals surface area contributed by atoms with Gasteiger partial charge < -0.3 is 15.4 Å². The van der Waals surface area contributed by atoms with Crippen molar-refractivity contribution in [2.75, 3.05) is 25.6 Å². The fraction of sp³-hybridized carbons (Fsp3) is 0.273. The van der Waals surface area contributed by atoms with E-state index in [0.29, 0.717) is 18.3 Å². The molecule has 17 heavy (non-hydrogen) atoms. The first-order valence-electron chi connectivity index (χ1n) is 4.91. The van der Waals surface area contributed by atoms with Crippen LogP contribution in [0.4, 0.5) is 10.1 Å². The second-order valence-corrected chi connectivity index (χ2v) is 3.59. The Balaban J connectivity index is 2.57. The first-order chi connectivity index (χ1) is 8.17. The number of thiocarbonyl (C=S) groups is 1. The van der Waals surface area contributed by atoms with Crippen molar-refractivity contribution < 1.29 is 9.13 Å². The van der Waals surface area contributed by atoms with Gasteiger partial charge in [0.15, 0.2) is 5.11 Å². The summed E-state index contributed by atoms with van der Waals surface area (Å²) in [5, 5.41) is 14.5. The number of hydrogen-bond acceptors (Lipinski definition) is 3.